The Labute approximate surface area is 123 Å². The third kappa shape index (κ3) is 3.76. The molecule has 1 aromatic carbocycles. The van der Waals surface area contributed by atoms with E-state index in [1.165, 1.54) is 12.0 Å². The van der Waals surface area contributed by atoms with Crippen LogP contribution in [0.3, 0.4) is 0 Å². The van der Waals surface area contributed by atoms with E-state index in [1.54, 1.807) is 0 Å². The third-order valence-corrected chi connectivity index (χ3v) is 4.43. The van der Waals surface area contributed by atoms with Gasteiger partial charge in [0.2, 0.25) is 0 Å². The molecule has 3 atom stereocenters. The van der Waals surface area contributed by atoms with Gasteiger partial charge in [-0.05, 0) is 48.3 Å². The quantitative estimate of drug-likeness (QED) is 0.891. The summed E-state index contributed by atoms with van der Waals surface area (Å²) in [4.78, 5) is 0. The maximum Gasteiger partial charge on any atom is 0.125 e. The summed E-state index contributed by atoms with van der Waals surface area (Å²) in [5.41, 5.74) is 1.39. The molecular weight excluding hydrogens is 248 g/mol. The van der Waals surface area contributed by atoms with E-state index in [0.29, 0.717) is 5.92 Å². The van der Waals surface area contributed by atoms with Crippen molar-refractivity contribution in [3.63, 3.8) is 0 Å². The van der Waals surface area contributed by atoms with Gasteiger partial charge in [-0.1, -0.05) is 46.2 Å². The van der Waals surface area contributed by atoms with Crippen molar-refractivity contribution in [2.24, 2.45) is 5.92 Å². The Morgan fingerprint density at radius 2 is 2.00 bits per heavy atom. The Kier molecular flexibility index (Phi) is 4.74. The van der Waals surface area contributed by atoms with Gasteiger partial charge in [0, 0.05) is 0 Å². The van der Waals surface area contributed by atoms with Crippen LogP contribution in [0.4, 0.5) is 0 Å². The Morgan fingerprint density at radius 1 is 1.25 bits per heavy atom. The molecule has 1 aliphatic carbocycles. The lowest BCUT2D eigenvalue weighted by Crippen LogP contribution is -2.38. The molecule has 0 aromatic heterocycles. The highest BCUT2D eigenvalue weighted by atomic mass is 16.5. The van der Waals surface area contributed by atoms with Gasteiger partial charge >= 0.3 is 0 Å². The summed E-state index contributed by atoms with van der Waals surface area (Å²) >= 11 is 0. The van der Waals surface area contributed by atoms with E-state index in [9.17, 15) is 5.11 Å². The predicted octanol–water partition coefficient (Wildman–Crippen LogP) is 4.30. The first-order valence-electron chi connectivity index (χ1n) is 7.85. The van der Waals surface area contributed by atoms with Gasteiger partial charge in [0.25, 0.3) is 0 Å². The van der Waals surface area contributed by atoms with Gasteiger partial charge < -0.3 is 9.84 Å². The fourth-order valence-electron chi connectivity index (χ4n) is 2.90. The van der Waals surface area contributed by atoms with E-state index in [1.807, 2.05) is 12.1 Å². The number of aliphatic hydroxyl groups is 1. The SMILES string of the molecule is CCC1CCC(O)C(Oc2cccc(C(C)(C)C)c2)C1. The minimum absolute atomic E-state index is 0.0519. The van der Waals surface area contributed by atoms with Crippen molar-refractivity contribution in [3.05, 3.63) is 29.8 Å². The Morgan fingerprint density at radius 3 is 2.65 bits per heavy atom. The zero-order valence-electron chi connectivity index (χ0n) is 13.2. The van der Waals surface area contributed by atoms with Crippen LogP contribution < -0.4 is 4.74 Å². The summed E-state index contributed by atoms with van der Waals surface area (Å²) < 4.78 is 6.09. The van der Waals surface area contributed by atoms with Crippen molar-refractivity contribution in [2.75, 3.05) is 0 Å². The number of ether oxygens (including phenoxy) is 1. The van der Waals surface area contributed by atoms with Crippen molar-refractivity contribution in [1.29, 1.82) is 0 Å². The maximum atomic E-state index is 10.1. The van der Waals surface area contributed by atoms with Crippen molar-refractivity contribution in [3.8, 4) is 5.75 Å². The summed E-state index contributed by atoms with van der Waals surface area (Å²) in [5.74, 6) is 1.58. The topological polar surface area (TPSA) is 29.5 Å². The molecule has 0 saturated heterocycles. The third-order valence-electron chi connectivity index (χ3n) is 4.43. The number of rotatable bonds is 3. The minimum Gasteiger partial charge on any atom is -0.488 e. The van der Waals surface area contributed by atoms with Crippen molar-refractivity contribution < 1.29 is 9.84 Å². The van der Waals surface area contributed by atoms with E-state index in [4.69, 9.17) is 4.74 Å². The van der Waals surface area contributed by atoms with Gasteiger partial charge in [-0.15, -0.1) is 0 Å². The molecule has 0 spiro atoms. The second-order valence-electron chi connectivity index (χ2n) is 7.09. The second kappa shape index (κ2) is 6.17. The maximum absolute atomic E-state index is 10.1. The highest BCUT2D eigenvalue weighted by Gasteiger charge is 2.30. The van der Waals surface area contributed by atoms with E-state index in [0.717, 1.165) is 25.0 Å². The van der Waals surface area contributed by atoms with Gasteiger partial charge in [0.1, 0.15) is 11.9 Å². The fraction of sp³-hybridized carbons (Fsp3) is 0.667. The van der Waals surface area contributed by atoms with E-state index in [-0.39, 0.29) is 17.6 Å². The molecule has 20 heavy (non-hydrogen) atoms. The van der Waals surface area contributed by atoms with Crippen LogP contribution in [-0.2, 0) is 5.41 Å². The summed E-state index contributed by atoms with van der Waals surface area (Å²) in [6.07, 6.45) is 3.76. The Balaban J connectivity index is 2.09. The summed E-state index contributed by atoms with van der Waals surface area (Å²) in [6.45, 7) is 8.83. The molecule has 2 nitrogen and oxygen atoms in total. The Hall–Kier alpha value is -1.02. The zero-order valence-corrected chi connectivity index (χ0v) is 13.2. The molecule has 1 saturated carbocycles. The molecule has 1 N–H and O–H groups in total. The predicted molar refractivity (Wildman–Crippen MR) is 83.2 cm³/mol. The molecule has 0 amide bonds. The zero-order chi connectivity index (χ0) is 14.8. The van der Waals surface area contributed by atoms with Crippen LogP contribution in [0.25, 0.3) is 0 Å². The molecule has 1 fully saturated rings. The molecule has 1 aliphatic rings. The van der Waals surface area contributed by atoms with Gasteiger partial charge in [0.05, 0.1) is 6.10 Å². The standard InChI is InChI=1S/C18H28O2/c1-5-13-9-10-16(19)17(11-13)20-15-8-6-7-14(12-15)18(2,3)4/h6-8,12-13,16-17,19H,5,9-11H2,1-4H3. The van der Waals surface area contributed by atoms with Gasteiger partial charge in [-0.3, -0.25) is 0 Å². The molecule has 1 aromatic rings. The molecule has 2 rings (SSSR count). The van der Waals surface area contributed by atoms with Crippen molar-refractivity contribution in [1.82, 2.24) is 0 Å². The Bertz CT molecular complexity index is 433. The van der Waals surface area contributed by atoms with Crippen LogP contribution in [-0.4, -0.2) is 17.3 Å². The lowest BCUT2D eigenvalue weighted by Gasteiger charge is -2.33. The monoisotopic (exact) mass is 276 g/mol. The van der Waals surface area contributed by atoms with Gasteiger partial charge in [-0.25, -0.2) is 0 Å². The number of aliphatic hydroxyl groups excluding tert-OH is 1. The van der Waals surface area contributed by atoms with Crippen LogP contribution in [0, 0.1) is 5.92 Å². The molecule has 0 radical (unpaired) electrons. The van der Waals surface area contributed by atoms with Crippen LogP contribution >= 0.6 is 0 Å². The first-order chi connectivity index (χ1) is 9.40. The fourth-order valence-corrected chi connectivity index (χ4v) is 2.90. The summed E-state index contributed by atoms with van der Waals surface area (Å²) in [5, 5.41) is 10.1. The normalized spacial score (nSPS) is 27.4. The summed E-state index contributed by atoms with van der Waals surface area (Å²) in [7, 11) is 0. The number of benzene rings is 1. The molecule has 2 heteroatoms. The number of hydrogen-bond donors (Lipinski definition) is 1. The van der Waals surface area contributed by atoms with Crippen molar-refractivity contribution in [2.45, 2.75) is 71.0 Å². The van der Waals surface area contributed by atoms with E-state index < -0.39 is 0 Å². The molecule has 112 valence electrons. The largest absolute Gasteiger partial charge is 0.488 e. The average Bonchev–Trinajstić information content (AvgIpc) is 2.41. The molecule has 0 aliphatic heterocycles. The van der Waals surface area contributed by atoms with E-state index >= 15 is 0 Å². The van der Waals surface area contributed by atoms with Gasteiger partial charge in [-0.2, -0.15) is 0 Å². The minimum atomic E-state index is -0.323. The van der Waals surface area contributed by atoms with Crippen LogP contribution in [0.5, 0.6) is 5.75 Å². The number of hydrogen-bond acceptors (Lipinski definition) is 2. The molecule has 0 bridgehead atoms. The average molecular weight is 276 g/mol. The van der Waals surface area contributed by atoms with Crippen LogP contribution in [0.1, 0.15) is 58.9 Å². The highest BCUT2D eigenvalue weighted by Crippen LogP contribution is 2.31. The lowest BCUT2D eigenvalue weighted by atomic mass is 9.83. The van der Waals surface area contributed by atoms with Crippen LogP contribution in [0.15, 0.2) is 24.3 Å². The highest BCUT2D eigenvalue weighted by molar-refractivity contribution is 5.32. The van der Waals surface area contributed by atoms with Crippen LogP contribution in [0.2, 0.25) is 0 Å². The lowest BCUT2D eigenvalue weighted by molar-refractivity contribution is -0.0109. The first kappa shape index (κ1) is 15.4. The van der Waals surface area contributed by atoms with E-state index in [2.05, 4.69) is 39.8 Å². The summed E-state index contributed by atoms with van der Waals surface area (Å²) in [6, 6.07) is 8.29. The first-order valence-corrected chi connectivity index (χ1v) is 7.85. The van der Waals surface area contributed by atoms with Gasteiger partial charge in [0.15, 0.2) is 0 Å². The van der Waals surface area contributed by atoms with Crippen molar-refractivity contribution >= 4 is 0 Å². The molecular formula is C18H28O2. The second-order valence-corrected chi connectivity index (χ2v) is 7.09. The molecule has 0 heterocycles. The molecule has 3 unspecified atom stereocenters. The smallest absolute Gasteiger partial charge is 0.125 e.